The average molecular weight is 287 g/mol. The number of ether oxygens (including phenoxy) is 1. The molecule has 0 amide bonds. The van der Waals surface area contributed by atoms with Crippen LogP contribution in [0.25, 0.3) is 0 Å². The standard InChI is InChI=1S/C16H18FN3O/c17-14-15(12-5-4-6-12)19-11-20-16(14)18-9-10-21-13-7-2-1-3-8-13/h1-3,7-8,11-12H,4-6,9-10H2,(H,18,19,20). The molecular formula is C16H18FN3O. The molecule has 0 saturated heterocycles. The van der Waals surface area contributed by atoms with Gasteiger partial charge in [-0.25, -0.2) is 14.4 Å². The van der Waals surface area contributed by atoms with E-state index in [1.54, 1.807) is 0 Å². The Bertz CT molecular complexity index is 587. The van der Waals surface area contributed by atoms with Crippen molar-refractivity contribution < 1.29 is 9.13 Å². The van der Waals surface area contributed by atoms with Crippen LogP contribution in [0.3, 0.4) is 0 Å². The molecule has 21 heavy (non-hydrogen) atoms. The van der Waals surface area contributed by atoms with E-state index in [1.165, 1.54) is 6.33 Å². The lowest BCUT2D eigenvalue weighted by Crippen LogP contribution is -2.17. The molecule has 0 bridgehead atoms. The Labute approximate surface area is 123 Å². The van der Waals surface area contributed by atoms with Gasteiger partial charge in [0.25, 0.3) is 0 Å². The summed E-state index contributed by atoms with van der Waals surface area (Å²) in [7, 11) is 0. The summed E-state index contributed by atoms with van der Waals surface area (Å²) in [4.78, 5) is 8.05. The maximum atomic E-state index is 14.3. The summed E-state index contributed by atoms with van der Waals surface area (Å²) in [5, 5.41) is 2.98. The van der Waals surface area contributed by atoms with E-state index in [4.69, 9.17) is 4.74 Å². The van der Waals surface area contributed by atoms with E-state index < -0.39 is 0 Å². The van der Waals surface area contributed by atoms with Gasteiger partial charge in [0.2, 0.25) is 0 Å². The van der Waals surface area contributed by atoms with Gasteiger partial charge in [0.15, 0.2) is 11.6 Å². The molecule has 3 rings (SSSR count). The molecule has 0 spiro atoms. The van der Waals surface area contributed by atoms with Gasteiger partial charge in [-0.05, 0) is 25.0 Å². The van der Waals surface area contributed by atoms with E-state index in [-0.39, 0.29) is 17.6 Å². The van der Waals surface area contributed by atoms with Crippen LogP contribution in [0.5, 0.6) is 5.75 Å². The predicted molar refractivity (Wildman–Crippen MR) is 79.0 cm³/mol. The fraction of sp³-hybridized carbons (Fsp3) is 0.375. The van der Waals surface area contributed by atoms with Gasteiger partial charge in [0.05, 0.1) is 12.2 Å². The van der Waals surface area contributed by atoms with Crippen molar-refractivity contribution in [1.29, 1.82) is 0 Å². The lowest BCUT2D eigenvalue weighted by Gasteiger charge is -2.25. The Kier molecular flexibility index (Phi) is 4.28. The molecule has 1 aliphatic rings. The highest BCUT2D eigenvalue weighted by atomic mass is 19.1. The van der Waals surface area contributed by atoms with Crippen LogP contribution in [-0.2, 0) is 0 Å². The van der Waals surface area contributed by atoms with Gasteiger partial charge in [0.1, 0.15) is 18.7 Å². The molecule has 110 valence electrons. The molecule has 5 heteroatoms. The molecule has 0 aliphatic heterocycles. The molecule has 4 nitrogen and oxygen atoms in total. The summed E-state index contributed by atoms with van der Waals surface area (Å²) in [6.07, 6.45) is 4.62. The Morgan fingerprint density at radius 2 is 2.00 bits per heavy atom. The zero-order valence-electron chi connectivity index (χ0n) is 11.8. The van der Waals surface area contributed by atoms with Crippen molar-refractivity contribution in [2.45, 2.75) is 25.2 Å². The van der Waals surface area contributed by atoms with Gasteiger partial charge in [-0.3, -0.25) is 0 Å². The van der Waals surface area contributed by atoms with E-state index in [0.29, 0.717) is 18.8 Å². The number of hydrogen-bond donors (Lipinski definition) is 1. The first-order valence-electron chi connectivity index (χ1n) is 7.26. The predicted octanol–water partition coefficient (Wildman–Crippen LogP) is 3.37. The maximum absolute atomic E-state index is 14.3. The highest BCUT2D eigenvalue weighted by molar-refractivity contribution is 5.38. The summed E-state index contributed by atoms with van der Waals surface area (Å²) in [6.45, 7) is 0.944. The van der Waals surface area contributed by atoms with Crippen molar-refractivity contribution in [3.63, 3.8) is 0 Å². The van der Waals surface area contributed by atoms with E-state index >= 15 is 0 Å². The van der Waals surface area contributed by atoms with Crippen LogP contribution in [0.1, 0.15) is 30.9 Å². The monoisotopic (exact) mass is 287 g/mol. The lowest BCUT2D eigenvalue weighted by molar-refractivity contribution is 0.332. The Morgan fingerprint density at radius 3 is 2.71 bits per heavy atom. The minimum absolute atomic E-state index is 0.258. The van der Waals surface area contributed by atoms with Crippen LogP contribution in [0.2, 0.25) is 0 Å². The Morgan fingerprint density at radius 1 is 1.19 bits per heavy atom. The first-order valence-corrected chi connectivity index (χ1v) is 7.26. The molecule has 0 radical (unpaired) electrons. The average Bonchev–Trinajstić information content (AvgIpc) is 2.46. The zero-order chi connectivity index (χ0) is 14.5. The van der Waals surface area contributed by atoms with Crippen molar-refractivity contribution in [2.75, 3.05) is 18.5 Å². The van der Waals surface area contributed by atoms with Crippen molar-refractivity contribution in [1.82, 2.24) is 9.97 Å². The SMILES string of the molecule is Fc1c(NCCOc2ccccc2)ncnc1C1CCC1. The number of anilines is 1. The van der Waals surface area contributed by atoms with Crippen molar-refractivity contribution >= 4 is 5.82 Å². The molecule has 1 heterocycles. The van der Waals surface area contributed by atoms with Crippen LogP contribution >= 0.6 is 0 Å². The second-order valence-corrected chi connectivity index (χ2v) is 5.14. The van der Waals surface area contributed by atoms with E-state index in [9.17, 15) is 4.39 Å². The normalized spacial score (nSPS) is 14.5. The molecule has 1 aromatic carbocycles. The van der Waals surface area contributed by atoms with Gasteiger partial charge in [-0.1, -0.05) is 24.6 Å². The van der Waals surface area contributed by atoms with E-state index in [0.717, 1.165) is 25.0 Å². The maximum Gasteiger partial charge on any atom is 0.187 e. The summed E-state index contributed by atoms with van der Waals surface area (Å²) >= 11 is 0. The topological polar surface area (TPSA) is 47.0 Å². The molecule has 0 unspecified atom stereocenters. The highest BCUT2D eigenvalue weighted by Gasteiger charge is 2.25. The smallest absolute Gasteiger partial charge is 0.187 e. The molecule has 1 aliphatic carbocycles. The van der Waals surface area contributed by atoms with Crippen molar-refractivity contribution in [3.05, 3.63) is 48.2 Å². The zero-order valence-corrected chi connectivity index (χ0v) is 11.8. The second kappa shape index (κ2) is 6.52. The summed E-state index contributed by atoms with van der Waals surface area (Å²) in [5.41, 5.74) is 0.544. The molecule has 2 aromatic rings. The molecule has 1 fully saturated rings. The molecule has 0 atom stereocenters. The number of hydrogen-bond acceptors (Lipinski definition) is 4. The van der Waals surface area contributed by atoms with Crippen LogP contribution in [-0.4, -0.2) is 23.1 Å². The molecule has 1 aromatic heterocycles. The number of halogens is 1. The van der Waals surface area contributed by atoms with Gasteiger partial charge < -0.3 is 10.1 Å². The fourth-order valence-electron chi connectivity index (χ4n) is 2.33. The van der Waals surface area contributed by atoms with Gasteiger partial charge in [0, 0.05) is 5.92 Å². The molecule has 1 N–H and O–H groups in total. The lowest BCUT2D eigenvalue weighted by atomic mass is 9.82. The van der Waals surface area contributed by atoms with Gasteiger partial charge >= 0.3 is 0 Å². The summed E-state index contributed by atoms with van der Waals surface area (Å²) in [6, 6.07) is 9.54. The number of benzene rings is 1. The van der Waals surface area contributed by atoms with Crippen LogP contribution in [0.15, 0.2) is 36.7 Å². The quantitative estimate of drug-likeness (QED) is 0.827. The van der Waals surface area contributed by atoms with Gasteiger partial charge in [-0.15, -0.1) is 0 Å². The van der Waals surface area contributed by atoms with Crippen LogP contribution in [0.4, 0.5) is 10.2 Å². The number of rotatable bonds is 6. The highest BCUT2D eigenvalue weighted by Crippen LogP contribution is 2.37. The number of nitrogens with one attached hydrogen (secondary N) is 1. The van der Waals surface area contributed by atoms with Crippen molar-refractivity contribution in [2.24, 2.45) is 0 Å². The Balaban J connectivity index is 1.53. The number of nitrogens with zero attached hydrogens (tertiary/aromatic N) is 2. The first kappa shape index (κ1) is 13.8. The van der Waals surface area contributed by atoms with Crippen LogP contribution < -0.4 is 10.1 Å². The molecule has 1 saturated carbocycles. The molecular weight excluding hydrogens is 269 g/mol. The second-order valence-electron chi connectivity index (χ2n) is 5.14. The van der Waals surface area contributed by atoms with E-state index in [1.807, 2.05) is 30.3 Å². The Hall–Kier alpha value is -2.17. The minimum Gasteiger partial charge on any atom is -0.492 e. The third kappa shape index (κ3) is 3.29. The van der Waals surface area contributed by atoms with Gasteiger partial charge in [-0.2, -0.15) is 0 Å². The van der Waals surface area contributed by atoms with Crippen LogP contribution in [0, 0.1) is 5.82 Å². The summed E-state index contributed by atoms with van der Waals surface area (Å²) < 4.78 is 19.8. The minimum atomic E-state index is -0.318. The number of aromatic nitrogens is 2. The fourth-order valence-corrected chi connectivity index (χ4v) is 2.33. The first-order chi connectivity index (χ1) is 10.3. The van der Waals surface area contributed by atoms with E-state index in [2.05, 4.69) is 15.3 Å². The van der Waals surface area contributed by atoms with Crippen molar-refractivity contribution in [3.8, 4) is 5.75 Å². The third-order valence-electron chi connectivity index (χ3n) is 3.71. The third-order valence-corrected chi connectivity index (χ3v) is 3.71. The largest absolute Gasteiger partial charge is 0.492 e. The summed E-state index contributed by atoms with van der Waals surface area (Å²) in [5.74, 6) is 1.01. The number of para-hydroxylation sites is 1.